The highest BCUT2D eigenvalue weighted by atomic mass is 16.3. The molecule has 0 bridgehead atoms. The molecule has 1 atom stereocenters. The number of amides is 1. The average molecular weight is 400 g/mol. The van der Waals surface area contributed by atoms with Gasteiger partial charge in [-0.15, -0.1) is 0 Å². The first-order valence-corrected chi connectivity index (χ1v) is 9.44. The van der Waals surface area contributed by atoms with E-state index in [2.05, 4.69) is 5.32 Å². The number of anilines is 2. The van der Waals surface area contributed by atoms with Crippen molar-refractivity contribution in [3.63, 3.8) is 0 Å². The van der Waals surface area contributed by atoms with Crippen LogP contribution in [0.2, 0.25) is 0 Å². The van der Waals surface area contributed by atoms with Gasteiger partial charge in [0.15, 0.2) is 0 Å². The Morgan fingerprint density at radius 3 is 2.23 bits per heavy atom. The lowest BCUT2D eigenvalue weighted by Crippen LogP contribution is -2.29. The maximum Gasteiger partial charge on any atom is 0.300 e. The van der Waals surface area contributed by atoms with E-state index in [1.54, 1.807) is 37.3 Å². The lowest BCUT2D eigenvalue weighted by atomic mass is 9.96. The van der Waals surface area contributed by atoms with Crippen LogP contribution in [0.15, 0.2) is 90.1 Å². The molecule has 0 unspecified atom stereocenters. The van der Waals surface area contributed by atoms with Crippen molar-refractivity contribution in [3.05, 3.63) is 95.7 Å². The number of nitrogens with one attached hydrogen (secondary N) is 1. The highest BCUT2D eigenvalue weighted by Crippen LogP contribution is 2.41. The number of carbonyl (C=O) groups excluding carboxylic acids is 2. The first-order chi connectivity index (χ1) is 14.5. The molecule has 1 heterocycles. The minimum Gasteiger partial charge on any atom is -0.508 e. The molecule has 150 valence electrons. The number of aromatic hydroxyl groups is 2. The summed E-state index contributed by atoms with van der Waals surface area (Å²) in [6.45, 7) is 1.75. The summed E-state index contributed by atoms with van der Waals surface area (Å²) in [6, 6.07) is 21.2. The molecule has 0 spiro atoms. The molecule has 0 aromatic heterocycles. The Balaban J connectivity index is 1.87. The van der Waals surface area contributed by atoms with E-state index < -0.39 is 17.7 Å². The zero-order valence-corrected chi connectivity index (χ0v) is 16.2. The Kier molecular flexibility index (Phi) is 4.98. The van der Waals surface area contributed by atoms with Crippen LogP contribution in [0.5, 0.6) is 11.5 Å². The van der Waals surface area contributed by atoms with Crippen molar-refractivity contribution < 1.29 is 19.8 Å². The van der Waals surface area contributed by atoms with Gasteiger partial charge in [0.05, 0.1) is 11.6 Å². The normalized spacial score (nSPS) is 17.9. The highest BCUT2D eigenvalue weighted by Gasteiger charge is 2.46. The second-order valence-corrected chi connectivity index (χ2v) is 7.05. The van der Waals surface area contributed by atoms with Gasteiger partial charge in [0.1, 0.15) is 11.5 Å². The van der Waals surface area contributed by atoms with E-state index in [0.717, 1.165) is 5.69 Å². The Labute approximate surface area is 173 Å². The Morgan fingerprint density at radius 1 is 0.867 bits per heavy atom. The van der Waals surface area contributed by atoms with Crippen LogP contribution in [-0.2, 0) is 9.59 Å². The fourth-order valence-corrected chi connectivity index (χ4v) is 3.67. The van der Waals surface area contributed by atoms with Gasteiger partial charge in [-0.2, -0.15) is 0 Å². The molecule has 0 radical (unpaired) electrons. The zero-order valence-electron chi connectivity index (χ0n) is 16.2. The second kappa shape index (κ2) is 7.75. The Hall–Kier alpha value is -4.06. The van der Waals surface area contributed by atoms with Gasteiger partial charge in [-0.05, 0) is 61.0 Å². The van der Waals surface area contributed by atoms with Gasteiger partial charge in [0, 0.05) is 17.1 Å². The van der Waals surface area contributed by atoms with Crippen LogP contribution in [0.25, 0.3) is 0 Å². The van der Waals surface area contributed by atoms with Crippen LogP contribution in [-0.4, -0.2) is 21.9 Å². The van der Waals surface area contributed by atoms with Gasteiger partial charge in [-0.1, -0.05) is 30.3 Å². The molecule has 0 aliphatic carbocycles. The maximum absolute atomic E-state index is 13.1. The van der Waals surface area contributed by atoms with Crippen LogP contribution in [0.3, 0.4) is 0 Å². The lowest BCUT2D eigenvalue weighted by Gasteiger charge is -2.26. The van der Waals surface area contributed by atoms with Crippen molar-refractivity contribution in [2.24, 2.45) is 0 Å². The molecule has 4 rings (SSSR count). The number of carbonyl (C=O) groups is 2. The zero-order chi connectivity index (χ0) is 21.3. The van der Waals surface area contributed by atoms with E-state index in [-0.39, 0.29) is 11.5 Å². The quantitative estimate of drug-likeness (QED) is 0.452. The summed E-state index contributed by atoms with van der Waals surface area (Å²) in [6.07, 6.45) is 0. The minimum atomic E-state index is -0.724. The highest BCUT2D eigenvalue weighted by molar-refractivity contribution is 6.51. The summed E-state index contributed by atoms with van der Waals surface area (Å²) in [5.41, 5.74) is 2.73. The van der Waals surface area contributed by atoms with Crippen molar-refractivity contribution in [2.45, 2.75) is 13.0 Å². The van der Waals surface area contributed by atoms with Crippen LogP contribution in [0.4, 0.5) is 11.4 Å². The molecule has 3 N–H and O–H groups in total. The number of phenolic OH excluding ortho intramolecular Hbond substituents is 2. The molecular weight excluding hydrogens is 380 g/mol. The number of para-hydroxylation sites is 1. The number of nitrogens with zero attached hydrogens (tertiary/aromatic N) is 1. The van der Waals surface area contributed by atoms with Crippen LogP contribution >= 0.6 is 0 Å². The van der Waals surface area contributed by atoms with Gasteiger partial charge in [-0.25, -0.2) is 0 Å². The third-order valence-electron chi connectivity index (χ3n) is 5.01. The van der Waals surface area contributed by atoms with E-state index in [9.17, 15) is 19.8 Å². The maximum atomic E-state index is 13.1. The third-order valence-corrected chi connectivity index (χ3v) is 5.01. The smallest absolute Gasteiger partial charge is 0.300 e. The van der Waals surface area contributed by atoms with E-state index in [4.69, 9.17) is 0 Å². The number of phenols is 2. The average Bonchev–Trinajstić information content (AvgIpc) is 3.00. The summed E-state index contributed by atoms with van der Waals surface area (Å²) < 4.78 is 0. The summed E-state index contributed by atoms with van der Waals surface area (Å²) in [5, 5.41) is 22.8. The number of hydrogen-bond acceptors (Lipinski definition) is 5. The SMILES string of the molecule is C/C(Nc1ccccc1)=C1\C(=O)C(=O)N(c2ccc(O)cc2)[C@@H]1c1cccc(O)c1. The third kappa shape index (κ3) is 3.51. The van der Waals surface area contributed by atoms with E-state index in [0.29, 0.717) is 22.5 Å². The molecule has 6 nitrogen and oxygen atoms in total. The molecule has 30 heavy (non-hydrogen) atoms. The first kappa shape index (κ1) is 19.3. The topological polar surface area (TPSA) is 89.9 Å². The summed E-state index contributed by atoms with van der Waals surface area (Å²) in [5.74, 6) is -1.18. The Bertz CT molecular complexity index is 1140. The number of ketones is 1. The molecule has 1 aliphatic rings. The van der Waals surface area contributed by atoms with E-state index >= 15 is 0 Å². The van der Waals surface area contributed by atoms with Crippen LogP contribution < -0.4 is 10.2 Å². The standard InChI is InChI=1S/C24H20N2O4/c1-15(25-17-7-3-2-4-8-17)21-22(16-6-5-9-20(28)14-16)26(24(30)23(21)29)18-10-12-19(27)13-11-18/h2-14,22,25,27-28H,1H3/b21-15+/t22-/m1/s1. The van der Waals surface area contributed by atoms with E-state index in [1.807, 2.05) is 30.3 Å². The molecule has 3 aromatic rings. The van der Waals surface area contributed by atoms with Gasteiger partial charge in [0.2, 0.25) is 0 Å². The molecule has 1 fully saturated rings. The van der Waals surface area contributed by atoms with Gasteiger partial charge < -0.3 is 15.5 Å². The molecule has 1 amide bonds. The van der Waals surface area contributed by atoms with Crippen molar-refractivity contribution in [3.8, 4) is 11.5 Å². The van der Waals surface area contributed by atoms with Gasteiger partial charge in [0.25, 0.3) is 11.7 Å². The monoisotopic (exact) mass is 400 g/mol. The lowest BCUT2D eigenvalue weighted by molar-refractivity contribution is -0.132. The minimum absolute atomic E-state index is 0.0398. The fraction of sp³-hybridized carbons (Fsp3) is 0.0833. The summed E-state index contributed by atoms with van der Waals surface area (Å²) in [4.78, 5) is 27.5. The van der Waals surface area contributed by atoms with E-state index in [1.165, 1.54) is 23.1 Å². The van der Waals surface area contributed by atoms with Crippen molar-refractivity contribution >= 4 is 23.1 Å². The number of allylic oxidation sites excluding steroid dienone is 1. The summed E-state index contributed by atoms with van der Waals surface area (Å²) in [7, 11) is 0. The summed E-state index contributed by atoms with van der Waals surface area (Å²) >= 11 is 0. The second-order valence-electron chi connectivity index (χ2n) is 7.05. The largest absolute Gasteiger partial charge is 0.508 e. The number of hydrogen-bond donors (Lipinski definition) is 3. The predicted molar refractivity (Wildman–Crippen MR) is 114 cm³/mol. The number of rotatable bonds is 4. The van der Waals surface area contributed by atoms with Crippen molar-refractivity contribution in [2.75, 3.05) is 10.2 Å². The predicted octanol–water partition coefficient (Wildman–Crippen LogP) is 4.14. The van der Waals surface area contributed by atoms with Crippen LogP contribution in [0.1, 0.15) is 18.5 Å². The first-order valence-electron chi connectivity index (χ1n) is 9.44. The molecule has 1 saturated heterocycles. The molecular formula is C24H20N2O4. The molecule has 0 saturated carbocycles. The van der Waals surface area contributed by atoms with Crippen LogP contribution in [0, 0.1) is 0 Å². The molecule has 6 heteroatoms. The fourth-order valence-electron chi connectivity index (χ4n) is 3.67. The van der Waals surface area contributed by atoms with Crippen molar-refractivity contribution in [1.29, 1.82) is 0 Å². The number of Topliss-reactive ketones (excluding diaryl/α,β-unsaturated/α-hetero) is 1. The van der Waals surface area contributed by atoms with Gasteiger partial charge >= 0.3 is 0 Å². The Morgan fingerprint density at radius 2 is 1.57 bits per heavy atom. The van der Waals surface area contributed by atoms with Gasteiger partial charge in [-0.3, -0.25) is 14.5 Å². The number of benzene rings is 3. The molecule has 3 aromatic carbocycles. The molecule has 1 aliphatic heterocycles. The van der Waals surface area contributed by atoms with Crippen molar-refractivity contribution in [1.82, 2.24) is 0 Å².